The number of amides is 1. The lowest BCUT2D eigenvalue weighted by Gasteiger charge is -2.33. The Morgan fingerprint density at radius 2 is 1.86 bits per heavy atom. The third kappa shape index (κ3) is 5.04. The molecule has 0 saturated carbocycles. The molecule has 1 saturated heterocycles. The lowest BCUT2D eigenvalue weighted by atomic mass is 9.98. The lowest BCUT2D eigenvalue weighted by Crippen LogP contribution is -2.46. The fourth-order valence-corrected chi connectivity index (χ4v) is 6.97. The molecule has 1 aromatic heterocycles. The summed E-state index contributed by atoms with van der Waals surface area (Å²) in [5, 5.41) is 0.475. The van der Waals surface area contributed by atoms with Crippen molar-refractivity contribution in [1.82, 2.24) is 9.29 Å². The number of rotatable bonds is 6. The van der Waals surface area contributed by atoms with Crippen LogP contribution in [0.2, 0.25) is 0 Å². The Labute approximate surface area is 214 Å². The number of benzene rings is 3. The number of aryl methyl sites for hydroxylation is 1. The zero-order valence-electron chi connectivity index (χ0n) is 19.8. The second-order valence-corrected chi connectivity index (χ2v) is 12.0. The molecule has 1 aliphatic heterocycles. The van der Waals surface area contributed by atoms with Gasteiger partial charge in [0.1, 0.15) is 5.82 Å². The van der Waals surface area contributed by atoms with Crippen molar-refractivity contribution < 1.29 is 17.6 Å². The minimum Gasteiger partial charge on any atom is -0.283 e. The molecule has 0 bridgehead atoms. The van der Waals surface area contributed by atoms with Gasteiger partial charge in [0.2, 0.25) is 15.9 Å². The molecule has 1 atom stereocenters. The predicted molar refractivity (Wildman–Crippen MR) is 140 cm³/mol. The van der Waals surface area contributed by atoms with E-state index in [1.165, 1.54) is 27.8 Å². The van der Waals surface area contributed by atoms with Gasteiger partial charge in [0, 0.05) is 13.1 Å². The second kappa shape index (κ2) is 10.1. The van der Waals surface area contributed by atoms with Gasteiger partial charge in [-0.2, -0.15) is 4.31 Å². The summed E-state index contributed by atoms with van der Waals surface area (Å²) in [7, 11) is -3.71. The monoisotopic (exact) mass is 523 g/mol. The average Bonchev–Trinajstić information content (AvgIpc) is 3.31. The van der Waals surface area contributed by atoms with Crippen LogP contribution in [0.5, 0.6) is 0 Å². The fourth-order valence-electron chi connectivity index (χ4n) is 4.45. The van der Waals surface area contributed by atoms with Crippen molar-refractivity contribution in [2.75, 3.05) is 18.0 Å². The van der Waals surface area contributed by atoms with E-state index >= 15 is 0 Å². The van der Waals surface area contributed by atoms with E-state index in [4.69, 9.17) is 0 Å². The summed E-state index contributed by atoms with van der Waals surface area (Å²) in [6, 6.07) is 20.7. The summed E-state index contributed by atoms with van der Waals surface area (Å²) < 4.78 is 42.5. The number of fused-ring (bicyclic) bond motifs is 1. The highest BCUT2D eigenvalue weighted by Gasteiger charge is 2.36. The Hall–Kier alpha value is -3.14. The Morgan fingerprint density at radius 1 is 1.11 bits per heavy atom. The first kappa shape index (κ1) is 24.5. The Morgan fingerprint density at radius 3 is 2.61 bits per heavy atom. The second-order valence-electron chi connectivity index (χ2n) is 9.03. The van der Waals surface area contributed by atoms with Gasteiger partial charge in [-0.1, -0.05) is 59.4 Å². The minimum absolute atomic E-state index is 0.111. The van der Waals surface area contributed by atoms with Gasteiger partial charge in [0.05, 0.1) is 27.6 Å². The van der Waals surface area contributed by atoms with Crippen LogP contribution in [0.15, 0.2) is 77.7 Å². The maximum atomic E-state index is 13.9. The number of anilines is 1. The van der Waals surface area contributed by atoms with Gasteiger partial charge in [-0.3, -0.25) is 9.69 Å². The molecule has 0 spiro atoms. The molecule has 3 aromatic carbocycles. The van der Waals surface area contributed by atoms with Crippen LogP contribution < -0.4 is 4.90 Å². The van der Waals surface area contributed by atoms with E-state index in [2.05, 4.69) is 4.98 Å². The largest absolute Gasteiger partial charge is 0.283 e. The van der Waals surface area contributed by atoms with Crippen molar-refractivity contribution in [3.63, 3.8) is 0 Å². The average molecular weight is 524 g/mol. The Kier molecular flexibility index (Phi) is 6.87. The Balaban J connectivity index is 1.44. The van der Waals surface area contributed by atoms with Crippen LogP contribution in [0, 0.1) is 18.7 Å². The molecule has 5 rings (SSSR count). The lowest BCUT2D eigenvalue weighted by molar-refractivity contribution is -0.123. The van der Waals surface area contributed by atoms with Crippen LogP contribution in [0.25, 0.3) is 10.2 Å². The molecule has 1 aliphatic rings. The van der Waals surface area contributed by atoms with E-state index in [0.717, 1.165) is 11.1 Å². The zero-order valence-corrected chi connectivity index (χ0v) is 21.4. The van der Waals surface area contributed by atoms with Crippen molar-refractivity contribution in [3.05, 3.63) is 89.7 Å². The van der Waals surface area contributed by atoms with Gasteiger partial charge >= 0.3 is 0 Å². The van der Waals surface area contributed by atoms with Gasteiger partial charge < -0.3 is 0 Å². The topological polar surface area (TPSA) is 70.6 Å². The van der Waals surface area contributed by atoms with Crippen molar-refractivity contribution in [1.29, 1.82) is 0 Å². The maximum Gasteiger partial charge on any atom is 0.243 e. The molecular formula is C27H26FN3O3S2. The van der Waals surface area contributed by atoms with Crippen LogP contribution in [0.3, 0.4) is 0 Å². The molecule has 0 radical (unpaired) electrons. The van der Waals surface area contributed by atoms with Crippen LogP contribution in [0.1, 0.15) is 24.0 Å². The van der Waals surface area contributed by atoms with Gasteiger partial charge in [-0.15, -0.1) is 0 Å². The molecule has 2 heterocycles. The molecule has 6 nitrogen and oxygen atoms in total. The summed E-state index contributed by atoms with van der Waals surface area (Å²) in [6.45, 7) is 2.69. The van der Waals surface area contributed by atoms with Crippen LogP contribution >= 0.6 is 11.3 Å². The molecule has 1 fully saturated rings. The van der Waals surface area contributed by atoms with Gasteiger partial charge in [0.25, 0.3) is 0 Å². The summed E-state index contributed by atoms with van der Waals surface area (Å²) in [5.74, 6) is -1.04. The molecule has 0 aliphatic carbocycles. The number of hydrogen-bond donors (Lipinski definition) is 0. The van der Waals surface area contributed by atoms with E-state index in [0.29, 0.717) is 41.3 Å². The van der Waals surface area contributed by atoms with Crippen LogP contribution in [-0.2, 0) is 21.4 Å². The van der Waals surface area contributed by atoms with Crippen LogP contribution in [-0.4, -0.2) is 36.7 Å². The van der Waals surface area contributed by atoms with E-state index in [-0.39, 0.29) is 23.2 Å². The number of thiazole rings is 1. The predicted octanol–water partition coefficient (Wildman–Crippen LogP) is 5.38. The van der Waals surface area contributed by atoms with Crippen molar-refractivity contribution >= 4 is 42.6 Å². The quantitative estimate of drug-likeness (QED) is 0.340. The smallest absolute Gasteiger partial charge is 0.243 e. The normalized spacial score (nSPS) is 16.8. The maximum absolute atomic E-state index is 13.9. The van der Waals surface area contributed by atoms with E-state index in [1.807, 2.05) is 37.3 Å². The molecule has 186 valence electrons. The number of sulfonamides is 1. The SMILES string of the molecule is Cc1ccc(S(=O)(=O)N2CCCC(C(=O)N(Cc3ccccc3)c3nc4ccc(F)cc4s3)C2)cc1. The number of aromatic nitrogens is 1. The third-order valence-electron chi connectivity index (χ3n) is 6.41. The number of carbonyl (C=O) groups is 1. The number of halogens is 1. The van der Waals surface area contributed by atoms with E-state index in [1.54, 1.807) is 35.2 Å². The van der Waals surface area contributed by atoms with Gasteiger partial charge in [-0.25, -0.2) is 17.8 Å². The first-order valence-electron chi connectivity index (χ1n) is 11.8. The summed E-state index contributed by atoms with van der Waals surface area (Å²) in [5.41, 5.74) is 2.53. The summed E-state index contributed by atoms with van der Waals surface area (Å²) in [6.07, 6.45) is 1.18. The third-order valence-corrected chi connectivity index (χ3v) is 9.33. The highest BCUT2D eigenvalue weighted by Crippen LogP contribution is 2.33. The molecular weight excluding hydrogens is 497 g/mol. The van der Waals surface area contributed by atoms with E-state index in [9.17, 15) is 17.6 Å². The zero-order chi connectivity index (χ0) is 25.3. The fraction of sp³-hybridized carbons (Fsp3) is 0.259. The number of nitrogens with zero attached hydrogens (tertiary/aromatic N) is 3. The van der Waals surface area contributed by atoms with Gasteiger partial charge in [0.15, 0.2) is 5.13 Å². The van der Waals surface area contributed by atoms with Crippen LogP contribution in [0.4, 0.5) is 9.52 Å². The summed E-state index contributed by atoms with van der Waals surface area (Å²) in [4.78, 5) is 20.4. The molecule has 4 aromatic rings. The molecule has 9 heteroatoms. The van der Waals surface area contributed by atoms with Crippen molar-refractivity contribution in [2.24, 2.45) is 5.92 Å². The summed E-state index contributed by atoms with van der Waals surface area (Å²) >= 11 is 1.26. The van der Waals surface area contributed by atoms with E-state index < -0.39 is 15.9 Å². The number of hydrogen-bond acceptors (Lipinski definition) is 5. The Bertz CT molecular complexity index is 1490. The van der Waals surface area contributed by atoms with Gasteiger partial charge in [-0.05, 0) is 55.7 Å². The number of piperidine rings is 1. The molecule has 0 N–H and O–H groups in total. The highest BCUT2D eigenvalue weighted by molar-refractivity contribution is 7.89. The first-order chi connectivity index (χ1) is 17.3. The van der Waals surface area contributed by atoms with Crippen molar-refractivity contribution in [2.45, 2.75) is 31.2 Å². The number of carbonyl (C=O) groups excluding carboxylic acids is 1. The molecule has 1 amide bonds. The standard InChI is InChI=1S/C27H26FN3O3S2/c1-19-9-12-23(13-10-19)36(33,34)30-15-5-8-21(18-30)26(32)31(17-20-6-3-2-4-7-20)27-29-24-14-11-22(28)16-25(24)35-27/h2-4,6-7,9-14,16,21H,5,8,15,17-18H2,1H3. The first-order valence-corrected chi connectivity index (χ1v) is 14.0. The highest BCUT2D eigenvalue weighted by atomic mass is 32.2. The molecule has 1 unspecified atom stereocenters. The van der Waals surface area contributed by atoms with Crippen molar-refractivity contribution in [3.8, 4) is 0 Å². The minimum atomic E-state index is -3.71. The molecule has 36 heavy (non-hydrogen) atoms.